The Hall–Kier alpha value is -1.70. The summed E-state index contributed by atoms with van der Waals surface area (Å²) in [5.74, 6) is 0.0204. The van der Waals surface area contributed by atoms with Crippen LogP contribution in [0.5, 0.6) is 0 Å². The fourth-order valence-corrected chi connectivity index (χ4v) is 3.35. The van der Waals surface area contributed by atoms with Crippen molar-refractivity contribution in [2.75, 3.05) is 0 Å². The second-order valence-electron chi connectivity index (χ2n) is 4.78. The number of halogens is 1. The molecule has 5 nitrogen and oxygen atoms in total. The Morgan fingerprint density at radius 1 is 1.43 bits per heavy atom. The fraction of sp³-hybridized carbons (Fsp3) is 0.286. The minimum Gasteiger partial charge on any atom is -0.468 e. The van der Waals surface area contributed by atoms with Crippen LogP contribution in [0.15, 0.2) is 39.8 Å². The molecule has 1 unspecified atom stereocenters. The quantitative estimate of drug-likeness (QED) is 0.886. The highest BCUT2D eigenvalue weighted by Gasteiger charge is 2.21. The van der Waals surface area contributed by atoms with Crippen molar-refractivity contribution in [1.82, 2.24) is 4.72 Å². The SMILES string of the molecule is Cc1cc(S(=O)(=O)NC(C)c2ccco2)cc(CN)c1F. The van der Waals surface area contributed by atoms with Gasteiger partial charge in [-0.05, 0) is 43.7 Å². The number of benzene rings is 1. The van der Waals surface area contributed by atoms with E-state index in [0.717, 1.165) is 0 Å². The molecule has 0 amide bonds. The van der Waals surface area contributed by atoms with Crippen LogP contribution in [0.25, 0.3) is 0 Å². The van der Waals surface area contributed by atoms with Crippen LogP contribution in [0.4, 0.5) is 4.39 Å². The molecular formula is C14H17FN2O3S. The van der Waals surface area contributed by atoms with Crippen molar-refractivity contribution in [2.45, 2.75) is 31.3 Å². The molecule has 0 spiro atoms. The molecule has 0 saturated heterocycles. The third-order valence-electron chi connectivity index (χ3n) is 3.14. The summed E-state index contributed by atoms with van der Waals surface area (Å²) in [6.07, 6.45) is 1.47. The highest BCUT2D eigenvalue weighted by molar-refractivity contribution is 7.89. The number of furan rings is 1. The zero-order valence-corrected chi connectivity index (χ0v) is 12.6. The maximum absolute atomic E-state index is 13.7. The summed E-state index contributed by atoms with van der Waals surface area (Å²) in [6, 6.07) is 5.35. The van der Waals surface area contributed by atoms with Gasteiger partial charge in [-0.3, -0.25) is 0 Å². The minimum atomic E-state index is -3.79. The van der Waals surface area contributed by atoms with Crippen molar-refractivity contribution in [3.05, 3.63) is 53.2 Å². The van der Waals surface area contributed by atoms with Gasteiger partial charge in [-0.25, -0.2) is 17.5 Å². The van der Waals surface area contributed by atoms with Gasteiger partial charge in [-0.2, -0.15) is 0 Å². The Bertz CT molecular complexity index is 727. The van der Waals surface area contributed by atoms with Crippen molar-refractivity contribution in [3.63, 3.8) is 0 Å². The number of rotatable bonds is 5. The lowest BCUT2D eigenvalue weighted by Crippen LogP contribution is -2.27. The summed E-state index contributed by atoms with van der Waals surface area (Å²) >= 11 is 0. The van der Waals surface area contributed by atoms with Gasteiger partial charge >= 0.3 is 0 Å². The molecule has 0 bridgehead atoms. The van der Waals surface area contributed by atoms with E-state index in [1.165, 1.54) is 25.3 Å². The van der Waals surface area contributed by atoms with Crippen molar-refractivity contribution in [3.8, 4) is 0 Å². The van der Waals surface area contributed by atoms with Gasteiger partial charge in [0.05, 0.1) is 17.2 Å². The van der Waals surface area contributed by atoms with Crippen LogP contribution in [0.2, 0.25) is 0 Å². The molecular weight excluding hydrogens is 295 g/mol. The first kappa shape index (κ1) is 15.7. The highest BCUT2D eigenvalue weighted by atomic mass is 32.2. The van der Waals surface area contributed by atoms with Gasteiger partial charge in [-0.15, -0.1) is 0 Å². The first-order valence-corrected chi connectivity index (χ1v) is 7.88. The monoisotopic (exact) mass is 312 g/mol. The number of hydrogen-bond donors (Lipinski definition) is 2. The van der Waals surface area contributed by atoms with Crippen LogP contribution in [0.3, 0.4) is 0 Å². The largest absolute Gasteiger partial charge is 0.468 e. The molecule has 1 heterocycles. The molecule has 7 heteroatoms. The molecule has 1 aromatic heterocycles. The van der Waals surface area contributed by atoms with E-state index in [-0.39, 0.29) is 22.6 Å². The van der Waals surface area contributed by atoms with Gasteiger partial charge in [0.25, 0.3) is 0 Å². The fourth-order valence-electron chi connectivity index (χ4n) is 2.01. The molecule has 21 heavy (non-hydrogen) atoms. The molecule has 0 aliphatic heterocycles. The van der Waals surface area contributed by atoms with Crippen molar-refractivity contribution < 1.29 is 17.2 Å². The standard InChI is InChI=1S/C14H17FN2O3S/c1-9-6-12(7-11(8-16)14(9)15)21(18,19)17-10(2)13-4-3-5-20-13/h3-7,10,17H,8,16H2,1-2H3. The molecule has 2 aromatic rings. The smallest absolute Gasteiger partial charge is 0.241 e. The highest BCUT2D eigenvalue weighted by Crippen LogP contribution is 2.21. The van der Waals surface area contributed by atoms with Gasteiger partial charge in [-0.1, -0.05) is 0 Å². The predicted molar refractivity (Wildman–Crippen MR) is 76.5 cm³/mol. The van der Waals surface area contributed by atoms with Gasteiger partial charge in [0.1, 0.15) is 11.6 Å². The number of aryl methyl sites for hydroxylation is 1. The number of sulfonamides is 1. The maximum atomic E-state index is 13.7. The second-order valence-corrected chi connectivity index (χ2v) is 6.49. The molecule has 2 rings (SSSR count). The van der Waals surface area contributed by atoms with E-state index < -0.39 is 21.9 Å². The third-order valence-corrected chi connectivity index (χ3v) is 4.66. The summed E-state index contributed by atoms with van der Waals surface area (Å²) in [6.45, 7) is 3.10. The Balaban J connectivity index is 2.34. The Labute approximate surface area is 123 Å². The van der Waals surface area contributed by atoms with Crippen LogP contribution in [-0.2, 0) is 16.6 Å². The minimum absolute atomic E-state index is 0.0137. The van der Waals surface area contributed by atoms with E-state index in [0.29, 0.717) is 5.76 Å². The van der Waals surface area contributed by atoms with E-state index in [4.69, 9.17) is 10.2 Å². The van der Waals surface area contributed by atoms with Crippen LogP contribution >= 0.6 is 0 Å². The lowest BCUT2D eigenvalue weighted by molar-refractivity contribution is 0.459. The lowest BCUT2D eigenvalue weighted by Gasteiger charge is -2.14. The Morgan fingerprint density at radius 2 is 2.14 bits per heavy atom. The summed E-state index contributed by atoms with van der Waals surface area (Å²) < 4.78 is 46.1. The van der Waals surface area contributed by atoms with Gasteiger partial charge in [0.2, 0.25) is 10.0 Å². The number of nitrogens with one attached hydrogen (secondary N) is 1. The number of hydrogen-bond acceptors (Lipinski definition) is 4. The molecule has 114 valence electrons. The molecule has 3 N–H and O–H groups in total. The van der Waals surface area contributed by atoms with Crippen molar-refractivity contribution in [2.24, 2.45) is 5.73 Å². The normalized spacial score (nSPS) is 13.3. The molecule has 1 atom stereocenters. The lowest BCUT2D eigenvalue weighted by atomic mass is 10.1. The Kier molecular flexibility index (Phi) is 4.46. The molecule has 0 radical (unpaired) electrons. The number of nitrogens with two attached hydrogens (primary N) is 1. The second kappa shape index (κ2) is 5.97. The van der Waals surface area contributed by atoms with Crippen LogP contribution in [-0.4, -0.2) is 8.42 Å². The summed E-state index contributed by atoms with van der Waals surface area (Å²) in [7, 11) is -3.79. The predicted octanol–water partition coefficient (Wildman–Crippen LogP) is 2.23. The van der Waals surface area contributed by atoms with Gasteiger partial charge in [0, 0.05) is 12.1 Å². The molecule has 0 aliphatic rings. The first-order valence-electron chi connectivity index (χ1n) is 6.40. The van der Waals surface area contributed by atoms with E-state index in [2.05, 4.69) is 4.72 Å². The zero-order chi connectivity index (χ0) is 15.6. The van der Waals surface area contributed by atoms with Crippen molar-refractivity contribution >= 4 is 10.0 Å². The average molecular weight is 312 g/mol. The Morgan fingerprint density at radius 3 is 2.71 bits per heavy atom. The molecule has 1 aromatic carbocycles. The van der Waals surface area contributed by atoms with E-state index in [1.807, 2.05) is 0 Å². The van der Waals surface area contributed by atoms with E-state index in [1.54, 1.807) is 19.1 Å². The van der Waals surface area contributed by atoms with Crippen molar-refractivity contribution in [1.29, 1.82) is 0 Å². The summed E-state index contributed by atoms with van der Waals surface area (Å²) in [5.41, 5.74) is 5.85. The molecule has 0 saturated carbocycles. The average Bonchev–Trinajstić information content (AvgIpc) is 2.95. The molecule has 0 fully saturated rings. The van der Waals surface area contributed by atoms with Gasteiger partial charge < -0.3 is 10.2 Å². The van der Waals surface area contributed by atoms with Crippen LogP contribution < -0.4 is 10.5 Å². The van der Waals surface area contributed by atoms with Gasteiger partial charge in [0.15, 0.2) is 0 Å². The zero-order valence-electron chi connectivity index (χ0n) is 11.8. The van der Waals surface area contributed by atoms with Crippen LogP contribution in [0, 0.1) is 12.7 Å². The first-order chi connectivity index (χ1) is 9.85. The summed E-state index contributed by atoms with van der Waals surface area (Å²) in [4.78, 5) is -0.0137. The van der Waals surface area contributed by atoms with Crippen LogP contribution in [0.1, 0.15) is 29.9 Å². The molecule has 0 aliphatic carbocycles. The summed E-state index contributed by atoms with van der Waals surface area (Å²) in [5, 5.41) is 0. The third kappa shape index (κ3) is 3.31. The maximum Gasteiger partial charge on any atom is 0.241 e. The van der Waals surface area contributed by atoms with E-state index >= 15 is 0 Å². The van der Waals surface area contributed by atoms with E-state index in [9.17, 15) is 12.8 Å². The topological polar surface area (TPSA) is 85.3 Å².